The molecular formula is C12H13FN4. The molecule has 5 heteroatoms. The van der Waals surface area contributed by atoms with E-state index in [2.05, 4.69) is 22.4 Å². The smallest absolute Gasteiger partial charge is 0.224 e. The molecule has 0 amide bonds. The SMILES string of the molecule is CC1CNc2nnc(-c3ccc(F)cc3)n2C1. The molecule has 17 heavy (non-hydrogen) atoms. The van der Waals surface area contributed by atoms with Gasteiger partial charge in [-0.25, -0.2) is 4.39 Å². The lowest BCUT2D eigenvalue weighted by Gasteiger charge is -2.22. The van der Waals surface area contributed by atoms with Crippen molar-refractivity contribution in [2.45, 2.75) is 13.5 Å². The predicted octanol–water partition coefficient (Wildman–Crippen LogP) is 2.15. The number of fused-ring (bicyclic) bond motifs is 1. The number of hydrogen-bond donors (Lipinski definition) is 1. The van der Waals surface area contributed by atoms with Crippen molar-refractivity contribution in [1.29, 1.82) is 0 Å². The average Bonchev–Trinajstić information content (AvgIpc) is 2.73. The van der Waals surface area contributed by atoms with Gasteiger partial charge in [0.1, 0.15) is 5.82 Å². The zero-order valence-corrected chi connectivity index (χ0v) is 9.52. The maximum Gasteiger partial charge on any atom is 0.224 e. The van der Waals surface area contributed by atoms with Crippen LogP contribution in [0.2, 0.25) is 0 Å². The molecule has 0 saturated heterocycles. The van der Waals surface area contributed by atoms with Crippen molar-refractivity contribution in [2.24, 2.45) is 5.92 Å². The summed E-state index contributed by atoms with van der Waals surface area (Å²) in [6.45, 7) is 3.98. The van der Waals surface area contributed by atoms with Crippen LogP contribution in [0.3, 0.4) is 0 Å². The minimum atomic E-state index is -0.237. The average molecular weight is 232 g/mol. The lowest BCUT2D eigenvalue weighted by atomic mass is 10.1. The Bertz CT molecular complexity index is 532. The molecule has 88 valence electrons. The highest BCUT2D eigenvalue weighted by Gasteiger charge is 2.20. The largest absolute Gasteiger partial charge is 0.354 e. The number of nitrogens with one attached hydrogen (secondary N) is 1. The highest BCUT2D eigenvalue weighted by molar-refractivity contribution is 5.57. The molecule has 1 N–H and O–H groups in total. The van der Waals surface area contributed by atoms with Crippen LogP contribution >= 0.6 is 0 Å². The lowest BCUT2D eigenvalue weighted by Crippen LogP contribution is -2.25. The number of nitrogens with zero attached hydrogens (tertiary/aromatic N) is 3. The molecule has 0 fully saturated rings. The summed E-state index contributed by atoms with van der Waals surface area (Å²) in [5.41, 5.74) is 0.890. The Morgan fingerprint density at radius 1 is 1.29 bits per heavy atom. The van der Waals surface area contributed by atoms with Gasteiger partial charge in [-0.15, -0.1) is 10.2 Å². The van der Waals surface area contributed by atoms with E-state index in [1.807, 2.05) is 4.57 Å². The first-order valence-corrected chi connectivity index (χ1v) is 5.67. The minimum Gasteiger partial charge on any atom is -0.354 e. The van der Waals surface area contributed by atoms with E-state index in [4.69, 9.17) is 0 Å². The number of benzene rings is 1. The van der Waals surface area contributed by atoms with Crippen molar-refractivity contribution in [3.63, 3.8) is 0 Å². The van der Waals surface area contributed by atoms with E-state index in [0.29, 0.717) is 5.92 Å². The third-order valence-corrected chi connectivity index (χ3v) is 2.96. The molecule has 3 rings (SSSR count). The van der Waals surface area contributed by atoms with Gasteiger partial charge in [0.05, 0.1) is 0 Å². The molecule has 1 unspecified atom stereocenters. The molecule has 1 atom stereocenters. The van der Waals surface area contributed by atoms with Crippen LogP contribution in [0.25, 0.3) is 11.4 Å². The van der Waals surface area contributed by atoms with E-state index in [9.17, 15) is 4.39 Å². The van der Waals surface area contributed by atoms with Gasteiger partial charge in [0.15, 0.2) is 5.82 Å². The summed E-state index contributed by atoms with van der Waals surface area (Å²) in [7, 11) is 0. The zero-order chi connectivity index (χ0) is 11.8. The predicted molar refractivity (Wildman–Crippen MR) is 63.1 cm³/mol. The van der Waals surface area contributed by atoms with Gasteiger partial charge >= 0.3 is 0 Å². The number of hydrogen-bond acceptors (Lipinski definition) is 3. The molecule has 1 aliphatic rings. The van der Waals surface area contributed by atoms with Crippen LogP contribution in [0, 0.1) is 11.7 Å². The minimum absolute atomic E-state index is 0.237. The summed E-state index contributed by atoms with van der Waals surface area (Å²) in [6.07, 6.45) is 0. The maximum atomic E-state index is 12.9. The fourth-order valence-corrected chi connectivity index (χ4v) is 2.06. The Balaban J connectivity index is 2.04. The number of aromatic nitrogens is 3. The molecule has 0 bridgehead atoms. The fourth-order valence-electron chi connectivity index (χ4n) is 2.06. The van der Waals surface area contributed by atoms with E-state index >= 15 is 0 Å². The Morgan fingerprint density at radius 2 is 2.06 bits per heavy atom. The van der Waals surface area contributed by atoms with Crippen molar-refractivity contribution < 1.29 is 4.39 Å². The van der Waals surface area contributed by atoms with E-state index in [0.717, 1.165) is 30.4 Å². The summed E-state index contributed by atoms with van der Waals surface area (Å²) in [5.74, 6) is 1.89. The third-order valence-electron chi connectivity index (χ3n) is 2.96. The van der Waals surface area contributed by atoms with E-state index < -0.39 is 0 Å². The standard InChI is InChI=1S/C12H13FN4/c1-8-6-14-12-16-15-11(17(12)7-8)9-2-4-10(13)5-3-9/h2-5,8H,6-7H2,1H3,(H,14,16). The molecule has 0 aliphatic carbocycles. The van der Waals surface area contributed by atoms with Crippen LogP contribution in [-0.4, -0.2) is 21.3 Å². The van der Waals surface area contributed by atoms with E-state index in [-0.39, 0.29) is 5.82 Å². The first-order chi connectivity index (χ1) is 8.24. The number of anilines is 1. The molecule has 4 nitrogen and oxygen atoms in total. The highest BCUT2D eigenvalue weighted by atomic mass is 19.1. The topological polar surface area (TPSA) is 42.7 Å². The molecule has 0 saturated carbocycles. The van der Waals surface area contributed by atoms with Crippen LogP contribution in [0.4, 0.5) is 10.3 Å². The normalized spacial score (nSPS) is 18.6. The first kappa shape index (κ1) is 10.3. The second-order valence-corrected chi connectivity index (χ2v) is 4.45. The molecule has 1 aliphatic heterocycles. The van der Waals surface area contributed by atoms with Crippen molar-refractivity contribution in [3.8, 4) is 11.4 Å². The summed E-state index contributed by atoms with van der Waals surface area (Å²) in [4.78, 5) is 0. The molecule has 2 heterocycles. The van der Waals surface area contributed by atoms with E-state index in [1.165, 1.54) is 12.1 Å². The van der Waals surface area contributed by atoms with Crippen molar-refractivity contribution in [3.05, 3.63) is 30.1 Å². The monoisotopic (exact) mass is 232 g/mol. The fraction of sp³-hybridized carbons (Fsp3) is 0.333. The van der Waals surface area contributed by atoms with Gasteiger partial charge in [-0.1, -0.05) is 6.92 Å². The Morgan fingerprint density at radius 3 is 2.82 bits per heavy atom. The number of rotatable bonds is 1. The Kier molecular flexibility index (Phi) is 2.31. The van der Waals surface area contributed by atoms with Crippen LogP contribution in [0.1, 0.15) is 6.92 Å². The van der Waals surface area contributed by atoms with Gasteiger partial charge in [-0.05, 0) is 30.2 Å². The second-order valence-electron chi connectivity index (χ2n) is 4.45. The summed E-state index contributed by atoms with van der Waals surface area (Å²) in [6, 6.07) is 6.34. The second kappa shape index (κ2) is 3.84. The highest BCUT2D eigenvalue weighted by Crippen LogP contribution is 2.24. The zero-order valence-electron chi connectivity index (χ0n) is 9.52. The quantitative estimate of drug-likeness (QED) is 0.819. The number of halogens is 1. The van der Waals surface area contributed by atoms with Gasteiger partial charge in [-0.2, -0.15) is 0 Å². The third kappa shape index (κ3) is 1.77. The van der Waals surface area contributed by atoms with Crippen LogP contribution in [-0.2, 0) is 6.54 Å². The van der Waals surface area contributed by atoms with Crippen LogP contribution in [0.15, 0.2) is 24.3 Å². The van der Waals surface area contributed by atoms with Gasteiger partial charge in [-0.3, -0.25) is 4.57 Å². The van der Waals surface area contributed by atoms with Crippen molar-refractivity contribution in [1.82, 2.24) is 14.8 Å². The van der Waals surface area contributed by atoms with Gasteiger partial charge in [0, 0.05) is 18.7 Å². The molecule has 0 radical (unpaired) electrons. The van der Waals surface area contributed by atoms with Gasteiger partial charge in [0.2, 0.25) is 5.95 Å². The summed E-state index contributed by atoms with van der Waals surface area (Å²) >= 11 is 0. The molecule has 1 aromatic carbocycles. The summed E-state index contributed by atoms with van der Waals surface area (Å²) in [5, 5.41) is 11.5. The Labute approximate surface area is 98.5 Å². The lowest BCUT2D eigenvalue weighted by molar-refractivity contribution is 0.480. The van der Waals surface area contributed by atoms with Gasteiger partial charge in [0.25, 0.3) is 0 Å². The maximum absolute atomic E-state index is 12.9. The van der Waals surface area contributed by atoms with Crippen molar-refractivity contribution >= 4 is 5.95 Å². The van der Waals surface area contributed by atoms with Crippen LogP contribution in [0.5, 0.6) is 0 Å². The summed E-state index contributed by atoms with van der Waals surface area (Å²) < 4.78 is 14.9. The van der Waals surface area contributed by atoms with Crippen molar-refractivity contribution in [2.75, 3.05) is 11.9 Å². The van der Waals surface area contributed by atoms with Crippen LogP contribution < -0.4 is 5.32 Å². The Hall–Kier alpha value is -1.91. The van der Waals surface area contributed by atoms with Gasteiger partial charge < -0.3 is 5.32 Å². The molecule has 0 spiro atoms. The first-order valence-electron chi connectivity index (χ1n) is 5.67. The molecule has 2 aromatic rings. The molecule has 1 aromatic heterocycles. The molecular weight excluding hydrogens is 219 g/mol. The van der Waals surface area contributed by atoms with E-state index in [1.54, 1.807) is 12.1 Å².